The highest BCUT2D eigenvalue weighted by Gasteiger charge is 2.56. The van der Waals surface area contributed by atoms with Crippen molar-refractivity contribution in [3.63, 3.8) is 0 Å². The first kappa shape index (κ1) is 9.93. The molecule has 3 rings (SSSR count). The lowest BCUT2D eigenvalue weighted by Crippen LogP contribution is -2.61. The number of hydrogen-bond acceptors (Lipinski definition) is 3. The SMILES string of the molecule is CC1(CO)OC2(C(=O)O)CCC1CC2. The number of aliphatic hydroxyl groups excluding tert-OH is 1. The van der Waals surface area contributed by atoms with Crippen LogP contribution in [0, 0.1) is 5.92 Å². The third kappa shape index (κ3) is 1.17. The number of hydrogen-bond donors (Lipinski definition) is 2. The number of aliphatic hydroxyl groups is 1. The van der Waals surface area contributed by atoms with Gasteiger partial charge in [-0.1, -0.05) is 0 Å². The molecule has 4 heteroatoms. The Hall–Kier alpha value is -0.610. The lowest BCUT2D eigenvalue weighted by atomic mass is 9.68. The van der Waals surface area contributed by atoms with Crippen LogP contribution in [-0.2, 0) is 9.53 Å². The van der Waals surface area contributed by atoms with Gasteiger partial charge in [0.1, 0.15) is 0 Å². The van der Waals surface area contributed by atoms with Crippen LogP contribution in [-0.4, -0.2) is 34.0 Å². The second-order valence-corrected chi connectivity index (χ2v) is 4.65. The Morgan fingerprint density at radius 2 is 2.07 bits per heavy atom. The molecule has 0 aromatic heterocycles. The summed E-state index contributed by atoms with van der Waals surface area (Å²) in [6.07, 6.45) is 2.87. The Labute approximate surface area is 82.9 Å². The lowest BCUT2D eigenvalue weighted by Gasteiger charge is -2.53. The van der Waals surface area contributed by atoms with E-state index in [0.29, 0.717) is 18.8 Å². The smallest absolute Gasteiger partial charge is 0.335 e. The van der Waals surface area contributed by atoms with Crippen LogP contribution in [0.15, 0.2) is 0 Å². The molecule has 14 heavy (non-hydrogen) atoms. The van der Waals surface area contributed by atoms with Crippen molar-refractivity contribution in [2.75, 3.05) is 6.61 Å². The van der Waals surface area contributed by atoms with Gasteiger partial charge in [0.2, 0.25) is 0 Å². The van der Waals surface area contributed by atoms with Crippen molar-refractivity contribution >= 4 is 5.97 Å². The molecule has 1 atom stereocenters. The fourth-order valence-corrected chi connectivity index (χ4v) is 2.75. The molecule has 1 aliphatic carbocycles. The molecule has 2 aliphatic heterocycles. The minimum atomic E-state index is -1.02. The molecule has 2 saturated heterocycles. The van der Waals surface area contributed by atoms with Crippen molar-refractivity contribution in [3.05, 3.63) is 0 Å². The van der Waals surface area contributed by atoms with E-state index in [2.05, 4.69) is 0 Å². The van der Waals surface area contributed by atoms with Gasteiger partial charge < -0.3 is 14.9 Å². The van der Waals surface area contributed by atoms with Crippen LogP contribution in [0.1, 0.15) is 32.6 Å². The Balaban J connectivity index is 2.28. The molecule has 1 saturated carbocycles. The summed E-state index contributed by atoms with van der Waals surface area (Å²) in [4.78, 5) is 11.1. The Bertz CT molecular complexity index is 255. The first-order chi connectivity index (χ1) is 6.52. The molecule has 0 aromatic rings. The number of carboxylic acids is 1. The summed E-state index contributed by atoms with van der Waals surface area (Å²) in [5.74, 6) is -0.566. The lowest BCUT2D eigenvalue weighted by molar-refractivity contribution is -0.258. The minimum Gasteiger partial charge on any atom is -0.479 e. The van der Waals surface area contributed by atoms with Crippen LogP contribution in [0.2, 0.25) is 0 Å². The van der Waals surface area contributed by atoms with Gasteiger partial charge >= 0.3 is 5.97 Å². The summed E-state index contributed by atoms with van der Waals surface area (Å²) in [6, 6.07) is 0. The van der Waals surface area contributed by atoms with Crippen LogP contribution in [0.3, 0.4) is 0 Å². The number of rotatable bonds is 2. The normalized spacial score (nSPS) is 46.6. The summed E-state index contributed by atoms with van der Waals surface area (Å²) in [5, 5.41) is 18.4. The molecular formula is C10H16O4. The number of ether oxygens (including phenoxy) is 1. The van der Waals surface area contributed by atoms with Gasteiger partial charge in [0.25, 0.3) is 0 Å². The molecule has 0 amide bonds. The van der Waals surface area contributed by atoms with Crippen molar-refractivity contribution in [1.82, 2.24) is 0 Å². The predicted octanol–water partition coefficient (Wildman–Crippen LogP) is 0.781. The highest BCUT2D eigenvalue weighted by molar-refractivity contribution is 5.78. The molecule has 2 N–H and O–H groups in total. The predicted molar refractivity (Wildman–Crippen MR) is 48.9 cm³/mol. The third-order valence-electron chi connectivity index (χ3n) is 3.79. The van der Waals surface area contributed by atoms with Gasteiger partial charge in [-0.05, 0) is 38.5 Å². The van der Waals surface area contributed by atoms with Gasteiger partial charge in [-0.15, -0.1) is 0 Å². The summed E-state index contributed by atoms with van der Waals surface area (Å²) >= 11 is 0. The molecule has 0 aromatic carbocycles. The Morgan fingerprint density at radius 3 is 2.50 bits per heavy atom. The second-order valence-electron chi connectivity index (χ2n) is 4.65. The van der Waals surface area contributed by atoms with Gasteiger partial charge in [0.05, 0.1) is 12.2 Å². The van der Waals surface area contributed by atoms with E-state index in [4.69, 9.17) is 9.84 Å². The molecular weight excluding hydrogens is 184 g/mol. The van der Waals surface area contributed by atoms with E-state index < -0.39 is 17.2 Å². The van der Waals surface area contributed by atoms with Gasteiger partial charge in [-0.25, -0.2) is 4.79 Å². The largest absolute Gasteiger partial charge is 0.479 e. The van der Waals surface area contributed by atoms with E-state index in [1.54, 1.807) is 0 Å². The van der Waals surface area contributed by atoms with Crippen molar-refractivity contribution in [2.24, 2.45) is 5.92 Å². The maximum Gasteiger partial charge on any atom is 0.335 e. The van der Waals surface area contributed by atoms with Gasteiger partial charge in [-0.2, -0.15) is 0 Å². The van der Waals surface area contributed by atoms with Crippen LogP contribution in [0.4, 0.5) is 0 Å². The molecule has 1 unspecified atom stereocenters. The van der Waals surface area contributed by atoms with Crippen LogP contribution < -0.4 is 0 Å². The van der Waals surface area contributed by atoms with E-state index in [-0.39, 0.29) is 6.61 Å². The van der Waals surface area contributed by atoms with Crippen molar-refractivity contribution in [1.29, 1.82) is 0 Å². The highest BCUT2D eigenvalue weighted by atomic mass is 16.6. The van der Waals surface area contributed by atoms with Gasteiger partial charge in [-0.3, -0.25) is 0 Å². The zero-order valence-corrected chi connectivity index (χ0v) is 8.32. The summed E-state index contributed by atoms with van der Waals surface area (Å²) in [7, 11) is 0. The first-order valence-corrected chi connectivity index (χ1v) is 5.07. The number of carboxylic acid groups (broad SMARTS) is 1. The summed E-state index contributed by atoms with van der Waals surface area (Å²) in [5.41, 5.74) is -1.67. The average Bonchev–Trinajstić information content (AvgIpc) is 2.19. The number of fused-ring (bicyclic) bond motifs is 3. The van der Waals surface area contributed by atoms with E-state index in [1.165, 1.54) is 0 Å². The monoisotopic (exact) mass is 200 g/mol. The summed E-state index contributed by atoms with van der Waals surface area (Å²) in [6.45, 7) is 1.72. The molecule has 4 nitrogen and oxygen atoms in total. The van der Waals surface area contributed by atoms with E-state index in [1.807, 2.05) is 6.92 Å². The molecule has 0 radical (unpaired) electrons. The second kappa shape index (κ2) is 2.94. The molecule has 0 spiro atoms. The van der Waals surface area contributed by atoms with Crippen molar-refractivity contribution in [2.45, 2.75) is 43.8 Å². The standard InChI is InChI=1S/C10H16O4/c1-9(6-11)7-2-4-10(14-9,5-3-7)8(12)13/h7,11H,2-6H2,1H3,(H,12,13). The zero-order chi connectivity index (χ0) is 10.4. The first-order valence-electron chi connectivity index (χ1n) is 5.07. The maximum absolute atomic E-state index is 11.1. The molecule has 3 aliphatic rings. The quantitative estimate of drug-likeness (QED) is 0.691. The Morgan fingerprint density at radius 1 is 1.50 bits per heavy atom. The average molecular weight is 200 g/mol. The van der Waals surface area contributed by atoms with Gasteiger partial charge in [0, 0.05) is 0 Å². The maximum atomic E-state index is 11.1. The fourth-order valence-electron chi connectivity index (χ4n) is 2.75. The molecule has 80 valence electrons. The van der Waals surface area contributed by atoms with Crippen molar-refractivity contribution < 1.29 is 19.7 Å². The number of carbonyl (C=O) groups is 1. The minimum absolute atomic E-state index is 0.0906. The summed E-state index contributed by atoms with van der Waals surface area (Å²) < 4.78 is 5.62. The molecule has 2 bridgehead atoms. The Kier molecular flexibility index (Phi) is 2.08. The third-order valence-corrected chi connectivity index (χ3v) is 3.79. The topological polar surface area (TPSA) is 66.8 Å². The fraction of sp³-hybridized carbons (Fsp3) is 0.900. The van der Waals surface area contributed by atoms with Crippen LogP contribution in [0.5, 0.6) is 0 Å². The zero-order valence-electron chi connectivity index (χ0n) is 8.32. The van der Waals surface area contributed by atoms with E-state index in [0.717, 1.165) is 12.8 Å². The van der Waals surface area contributed by atoms with Crippen LogP contribution >= 0.6 is 0 Å². The van der Waals surface area contributed by atoms with Crippen LogP contribution in [0.25, 0.3) is 0 Å². The molecule has 3 fully saturated rings. The number of aliphatic carboxylic acids is 1. The highest BCUT2D eigenvalue weighted by Crippen LogP contribution is 2.49. The van der Waals surface area contributed by atoms with Gasteiger partial charge in [0.15, 0.2) is 5.60 Å². The van der Waals surface area contributed by atoms with E-state index in [9.17, 15) is 9.90 Å². The molecule has 2 heterocycles. The van der Waals surface area contributed by atoms with Crippen molar-refractivity contribution in [3.8, 4) is 0 Å². The van der Waals surface area contributed by atoms with E-state index >= 15 is 0 Å².